The standard InChI is InChI=1S/C19H24N4O2S/c1-2-25-16-9-6-15(7-10-16)8-11-17(24)20-19-22-21-18(26-19)14-23-12-4-3-5-13-23/h6-11H,2-5,12-14H2,1H3,(H,20,22,24)/b11-8+. The summed E-state index contributed by atoms with van der Waals surface area (Å²) in [6.07, 6.45) is 7.08. The van der Waals surface area contributed by atoms with Gasteiger partial charge in [-0.2, -0.15) is 0 Å². The smallest absolute Gasteiger partial charge is 0.250 e. The van der Waals surface area contributed by atoms with Crippen LogP contribution >= 0.6 is 11.3 Å². The van der Waals surface area contributed by atoms with Gasteiger partial charge in [0.05, 0.1) is 13.2 Å². The molecule has 138 valence electrons. The molecule has 0 atom stereocenters. The Morgan fingerprint density at radius 1 is 1.23 bits per heavy atom. The van der Waals surface area contributed by atoms with Crippen molar-refractivity contribution in [1.29, 1.82) is 0 Å². The maximum Gasteiger partial charge on any atom is 0.250 e. The maximum atomic E-state index is 12.1. The molecule has 1 aliphatic heterocycles. The van der Waals surface area contributed by atoms with E-state index in [4.69, 9.17) is 4.74 Å². The van der Waals surface area contributed by atoms with E-state index in [1.807, 2.05) is 31.2 Å². The van der Waals surface area contributed by atoms with Crippen molar-refractivity contribution in [3.63, 3.8) is 0 Å². The number of carbonyl (C=O) groups is 1. The van der Waals surface area contributed by atoms with Gasteiger partial charge in [0, 0.05) is 6.08 Å². The van der Waals surface area contributed by atoms with Crippen LogP contribution in [0.3, 0.4) is 0 Å². The average molecular weight is 372 g/mol. The lowest BCUT2D eigenvalue weighted by molar-refractivity contribution is -0.111. The van der Waals surface area contributed by atoms with E-state index in [2.05, 4.69) is 20.4 Å². The lowest BCUT2D eigenvalue weighted by Crippen LogP contribution is -2.28. The quantitative estimate of drug-likeness (QED) is 0.753. The van der Waals surface area contributed by atoms with E-state index in [1.165, 1.54) is 36.7 Å². The molecule has 0 aliphatic carbocycles. The summed E-state index contributed by atoms with van der Waals surface area (Å²) >= 11 is 1.44. The summed E-state index contributed by atoms with van der Waals surface area (Å²) in [5, 5.41) is 12.5. The predicted octanol–water partition coefficient (Wildman–Crippen LogP) is 3.57. The fourth-order valence-corrected chi connectivity index (χ4v) is 3.62. The van der Waals surface area contributed by atoms with Crippen LogP contribution in [-0.4, -0.2) is 40.7 Å². The number of benzene rings is 1. The average Bonchev–Trinajstić information content (AvgIpc) is 3.09. The number of anilines is 1. The zero-order chi connectivity index (χ0) is 18.2. The molecule has 0 spiro atoms. The van der Waals surface area contributed by atoms with E-state index in [0.29, 0.717) is 11.7 Å². The Hall–Kier alpha value is -2.25. The van der Waals surface area contributed by atoms with Gasteiger partial charge in [0.25, 0.3) is 0 Å². The molecule has 1 fully saturated rings. The van der Waals surface area contributed by atoms with Crippen LogP contribution in [0.25, 0.3) is 6.08 Å². The Balaban J connectivity index is 1.49. The van der Waals surface area contributed by atoms with E-state index >= 15 is 0 Å². The summed E-state index contributed by atoms with van der Waals surface area (Å²) in [7, 11) is 0. The molecular formula is C19H24N4O2S. The zero-order valence-electron chi connectivity index (χ0n) is 15.0. The highest BCUT2D eigenvalue weighted by Crippen LogP contribution is 2.19. The molecule has 1 aliphatic rings. The largest absolute Gasteiger partial charge is 0.494 e. The van der Waals surface area contributed by atoms with Gasteiger partial charge in [0.1, 0.15) is 10.8 Å². The summed E-state index contributed by atoms with van der Waals surface area (Å²) < 4.78 is 5.40. The summed E-state index contributed by atoms with van der Waals surface area (Å²) in [5.41, 5.74) is 0.937. The first kappa shape index (κ1) is 18.5. The third-order valence-electron chi connectivity index (χ3n) is 4.12. The number of hydrogen-bond donors (Lipinski definition) is 1. The lowest BCUT2D eigenvalue weighted by Gasteiger charge is -2.24. The highest BCUT2D eigenvalue weighted by molar-refractivity contribution is 7.15. The van der Waals surface area contributed by atoms with Gasteiger partial charge < -0.3 is 4.74 Å². The van der Waals surface area contributed by atoms with Crippen molar-refractivity contribution in [3.8, 4) is 5.75 Å². The van der Waals surface area contributed by atoms with Gasteiger partial charge in [-0.1, -0.05) is 29.9 Å². The van der Waals surface area contributed by atoms with Crippen LogP contribution in [0.2, 0.25) is 0 Å². The van der Waals surface area contributed by atoms with Gasteiger partial charge in [-0.05, 0) is 56.6 Å². The van der Waals surface area contributed by atoms with Crippen molar-refractivity contribution in [2.75, 3.05) is 25.0 Å². The third-order valence-corrected chi connectivity index (χ3v) is 4.95. The number of likely N-dealkylation sites (tertiary alicyclic amines) is 1. The van der Waals surface area contributed by atoms with Gasteiger partial charge >= 0.3 is 0 Å². The Bertz CT molecular complexity index is 736. The minimum atomic E-state index is -0.209. The van der Waals surface area contributed by atoms with Crippen LogP contribution in [0.5, 0.6) is 5.75 Å². The first-order valence-electron chi connectivity index (χ1n) is 8.99. The minimum absolute atomic E-state index is 0.209. The second-order valence-corrected chi connectivity index (χ2v) is 7.22. The SMILES string of the molecule is CCOc1ccc(/C=C/C(=O)Nc2nnc(CN3CCCCC3)s2)cc1. The molecule has 26 heavy (non-hydrogen) atoms. The maximum absolute atomic E-state index is 12.1. The molecule has 3 rings (SSSR count). The Kier molecular flexibility index (Phi) is 6.74. The van der Waals surface area contributed by atoms with E-state index < -0.39 is 0 Å². The van der Waals surface area contributed by atoms with Gasteiger partial charge in [0.15, 0.2) is 0 Å². The second-order valence-electron chi connectivity index (χ2n) is 6.16. The van der Waals surface area contributed by atoms with Crippen molar-refractivity contribution < 1.29 is 9.53 Å². The zero-order valence-corrected chi connectivity index (χ0v) is 15.8. The first-order valence-corrected chi connectivity index (χ1v) is 9.81. The topological polar surface area (TPSA) is 67.3 Å². The van der Waals surface area contributed by atoms with Gasteiger partial charge in [-0.25, -0.2) is 0 Å². The number of aromatic nitrogens is 2. The Labute approximate surface area is 157 Å². The first-order chi connectivity index (χ1) is 12.7. The van der Waals surface area contributed by atoms with Crippen LogP contribution < -0.4 is 10.1 Å². The summed E-state index contributed by atoms with van der Waals surface area (Å²) in [4.78, 5) is 14.5. The van der Waals surface area contributed by atoms with Gasteiger partial charge in [-0.15, -0.1) is 10.2 Å². The van der Waals surface area contributed by atoms with E-state index in [-0.39, 0.29) is 5.91 Å². The number of hydrogen-bond acceptors (Lipinski definition) is 6. The van der Waals surface area contributed by atoms with E-state index in [1.54, 1.807) is 6.08 Å². The molecule has 6 nitrogen and oxygen atoms in total. The Morgan fingerprint density at radius 2 is 2.00 bits per heavy atom. The van der Waals surface area contributed by atoms with Gasteiger partial charge in [0.2, 0.25) is 11.0 Å². The number of nitrogens with one attached hydrogen (secondary N) is 1. The molecule has 1 saturated heterocycles. The van der Waals surface area contributed by atoms with Crippen LogP contribution in [0.15, 0.2) is 30.3 Å². The van der Waals surface area contributed by atoms with Crippen LogP contribution in [0.1, 0.15) is 36.8 Å². The number of carbonyl (C=O) groups excluding carboxylic acids is 1. The highest BCUT2D eigenvalue weighted by atomic mass is 32.1. The Morgan fingerprint density at radius 3 is 2.73 bits per heavy atom. The fraction of sp³-hybridized carbons (Fsp3) is 0.421. The van der Waals surface area contributed by atoms with Crippen molar-refractivity contribution in [3.05, 3.63) is 40.9 Å². The molecule has 0 bridgehead atoms. The van der Waals surface area contributed by atoms with Crippen molar-refractivity contribution >= 4 is 28.5 Å². The molecule has 0 saturated carbocycles. The number of piperidine rings is 1. The summed E-state index contributed by atoms with van der Waals surface area (Å²) in [5.74, 6) is 0.615. The summed E-state index contributed by atoms with van der Waals surface area (Å²) in [6, 6.07) is 7.60. The number of nitrogens with zero attached hydrogens (tertiary/aromatic N) is 3. The summed E-state index contributed by atoms with van der Waals surface area (Å²) in [6.45, 7) is 5.64. The molecule has 7 heteroatoms. The molecule has 1 amide bonds. The third kappa shape index (κ3) is 5.64. The van der Waals surface area contributed by atoms with Crippen LogP contribution in [0.4, 0.5) is 5.13 Å². The minimum Gasteiger partial charge on any atom is -0.494 e. The van der Waals surface area contributed by atoms with Crippen LogP contribution in [-0.2, 0) is 11.3 Å². The fourth-order valence-electron chi connectivity index (χ4n) is 2.84. The number of rotatable bonds is 7. The lowest BCUT2D eigenvalue weighted by atomic mass is 10.1. The van der Waals surface area contributed by atoms with Gasteiger partial charge in [-0.3, -0.25) is 15.0 Å². The molecule has 0 radical (unpaired) electrons. The van der Waals surface area contributed by atoms with E-state index in [0.717, 1.165) is 36.0 Å². The molecule has 1 aromatic heterocycles. The second kappa shape index (κ2) is 9.45. The van der Waals surface area contributed by atoms with Crippen molar-refractivity contribution in [1.82, 2.24) is 15.1 Å². The molecule has 1 N–H and O–H groups in total. The molecule has 2 heterocycles. The molecular weight excluding hydrogens is 348 g/mol. The van der Waals surface area contributed by atoms with Crippen LogP contribution in [0, 0.1) is 0 Å². The van der Waals surface area contributed by atoms with Crippen molar-refractivity contribution in [2.24, 2.45) is 0 Å². The van der Waals surface area contributed by atoms with E-state index in [9.17, 15) is 4.79 Å². The predicted molar refractivity (Wildman–Crippen MR) is 104 cm³/mol. The molecule has 0 unspecified atom stereocenters. The number of amides is 1. The normalized spacial score (nSPS) is 15.3. The highest BCUT2D eigenvalue weighted by Gasteiger charge is 2.13. The molecule has 1 aromatic carbocycles. The monoisotopic (exact) mass is 372 g/mol. The molecule has 2 aromatic rings. The van der Waals surface area contributed by atoms with Crippen molar-refractivity contribution in [2.45, 2.75) is 32.7 Å². The number of ether oxygens (including phenoxy) is 1.